The van der Waals surface area contributed by atoms with E-state index in [1.54, 1.807) is 13.2 Å². The molecule has 1 aliphatic carbocycles. The van der Waals surface area contributed by atoms with E-state index >= 15 is 0 Å². The summed E-state index contributed by atoms with van der Waals surface area (Å²) in [5.41, 5.74) is 0.816. The smallest absolute Gasteiger partial charge is 0.371 e. The van der Waals surface area contributed by atoms with Crippen molar-refractivity contribution in [1.82, 2.24) is 5.32 Å². The van der Waals surface area contributed by atoms with Crippen molar-refractivity contribution in [1.29, 1.82) is 0 Å². The van der Waals surface area contributed by atoms with Crippen LogP contribution in [-0.2, 0) is 6.54 Å². The fourth-order valence-corrected chi connectivity index (χ4v) is 2.94. The van der Waals surface area contributed by atoms with Gasteiger partial charge < -0.3 is 24.3 Å². The van der Waals surface area contributed by atoms with Gasteiger partial charge in [-0.2, -0.15) is 0 Å². The van der Waals surface area contributed by atoms with Crippen LogP contribution in [0.5, 0.6) is 11.5 Å². The van der Waals surface area contributed by atoms with Crippen molar-refractivity contribution >= 4 is 11.9 Å². The van der Waals surface area contributed by atoms with Crippen molar-refractivity contribution in [2.75, 3.05) is 7.11 Å². The van der Waals surface area contributed by atoms with Crippen molar-refractivity contribution in [2.45, 2.75) is 38.3 Å². The predicted octanol–water partition coefficient (Wildman–Crippen LogP) is 3.24. The van der Waals surface area contributed by atoms with Crippen molar-refractivity contribution in [2.24, 2.45) is 0 Å². The summed E-state index contributed by atoms with van der Waals surface area (Å²) >= 11 is 0. The summed E-state index contributed by atoms with van der Waals surface area (Å²) in [6.45, 7) is 0.230. The third kappa shape index (κ3) is 4.17. The number of benzene rings is 1. The first-order chi connectivity index (χ1) is 12.6. The molecule has 1 aliphatic rings. The molecule has 0 aliphatic heterocycles. The molecule has 0 saturated heterocycles. The number of ether oxygens (including phenoxy) is 2. The number of methoxy groups -OCH3 is 1. The Hall–Kier alpha value is -2.96. The molecule has 1 fully saturated rings. The van der Waals surface area contributed by atoms with Crippen LogP contribution in [0, 0.1) is 0 Å². The molecule has 0 unspecified atom stereocenters. The molecule has 0 bridgehead atoms. The zero-order valence-corrected chi connectivity index (χ0v) is 14.5. The Labute approximate surface area is 150 Å². The van der Waals surface area contributed by atoms with Gasteiger partial charge in [-0.15, -0.1) is 0 Å². The molecule has 138 valence electrons. The van der Waals surface area contributed by atoms with Crippen LogP contribution in [0.4, 0.5) is 0 Å². The monoisotopic (exact) mass is 359 g/mol. The lowest BCUT2D eigenvalue weighted by atomic mass is 10.1. The van der Waals surface area contributed by atoms with Crippen LogP contribution in [0.15, 0.2) is 34.7 Å². The number of furan rings is 1. The maximum Gasteiger partial charge on any atom is 0.371 e. The molecule has 26 heavy (non-hydrogen) atoms. The third-order valence-corrected chi connectivity index (χ3v) is 4.35. The van der Waals surface area contributed by atoms with Gasteiger partial charge in [0.25, 0.3) is 5.91 Å². The molecule has 2 N–H and O–H groups in total. The van der Waals surface area contributed by atoms with Gasteiger partial charge >= 0.3 is 5.97 Å². The van der Waals surface area contributed by atoms with Gasteiger partial charge in [-0.25, -0.2) is 4.79 Å². The Balaban J connectivity index is 1.69. The summed E-state index contributed by atoms with van der Waals surface area (Å²) in [6.07, 6.45) is 4.54. The van der Waals surface area contributed by atoms with Crippen LogP contribution < -0.4 is 14.8 Å². The Morgan fingerprint density at radius 1 is 1.19 bits per heavy atom. The zero-order valence-electron chi connectivity index (χ0n) is 14.5. The van der Waals surface area contributed by atoms with Gasteiger partial charge in [-0.1, -0.05) is 0 Å². The highest BCUT2D eigenvalue weighted by molar-refractivity contribution is 5.93. The first-order valence-corrected chi connectivity index (χ1v) is 8.51. The van der Waals surface area contributed by atoms with Crippen molar-refractivity contribution < 1.29 is 28.6 Å². The summed E-state index contributed by atoms with van der Waals surface area (Å²) in [6, 6.07) is 8.05. The van der Waals surface area contributed by atoms with Gasteiger partial charge in [0.05, 0.1) is 13.2 Å². The fourth-order valence-electron chi connectivity index (χ4n) is 2.94. The lowest BCUT2D eigenvalue weighted by Crippen LogP contribution is -2.23. The number of rotatable bonds is 7. The number of aromatic carboxylic acids is 1. The second-order valence-corrected chi connectivity index (χ2v) is 6.15. The van der Waals surface area contributed by atoms with Gasteiger partial charge in [0.1, 0.15) is 11.5 Å². The normalized spacial score (nSPS) is 14.2. The maximum atomic E-state index is 12.2. The molecule has 7 nitrogen and oxygen atoms in total. The van der Waals surface area contributed by atoms with Gasteiger partial charge in [-0.3, -0.25) is 4.79 Å². The van der Waals surface area contributed by atoms with E-state index in [2.05, 4.69) is 5.32 Å². The summed E-state index contributed by atoms with van der Waals surface area (Å²) in [5.74, 6) is -0.655. The van der Waals surface area contributed by atoms with E-state index in [4.69, 9.17) is 19.0 Å². The zero-order chi connectivity index (χ0) is 18.5. The summed E-state index contributed by atoms with van der Waals surface area (Å²) in [5, 5.41) is 11.6. The molecule has 7 heteroatoms. The predicted molar refractivity (Wildman–Crippen MR) is 92.7 cm³/mol. The average Bonchev–Trinajstić information content (AvgIpc) is 3.32. The number of carbonyl (C=O) groups is 2. The molecule has 1 saturated carbocycles. The first-order valence-electron chi connectivity index (χ1n) is 8.51. The summed E-state index contributed by atoms with van der Waals surface area (Å²) in [7, 11) is 1.59. The molecular weight excluding hydrogens is 338 g/mol. The lowest BCUT2D eigenvalue weighted by molar-refractivity contribution is 0.0659. The molecule has 1 aromatic heterocycles. The fraction of sp³-hybridized carbons (Fsp3) is 0.368. The maximum absolute atomic E-state index is 12.2. The SMILES string of the molecule is COc1ccc(CNC(=O)c2ccc(C(=O)O)o2)c(OC2CCCC2)c1. The lowest BCUT2D eigenvalue weighted by Gasteiger charge is -2.17. The van der Waals surface area contributed by atoms with Crippen LogP contribution in [0.25, 0.3) is 0 Å². The van der Waals surface area contributed by atoms with Crippen LogP contribution >= 0.6 is 0 Å². The summed E-state index contributed by atoms with van der Waals surface area (Å²) < 4.78 is 16.4. The number of amides is 1. The molecule has 1 heterocycles. The van der Waals surface area contributed by atoms with Gasteiger partial charge in [-0.05, 0) is 49.9 Å². The van der Waals surface area contributed by atoms with Crippen LogP contribution in [0.2, 0.25) is 0 Å². The largest absolute Gasteiger partial charge is 0.497 e. The first kappa shape index (κ1) is 17.8. The van der Waals surface area contributed by atoms with Gasteiger partial charge in [0.2, 0.25) is 5.76 Å². The molecule has 2 aromatic rings. The highest BCUT2D eigenvalue weighted by Gasteiger charge is 2.19. The number of hydrogen-bond acceptors (Lipinski definition) is 5. The van der Waals surface area contributed by atoms with Crippen LogP contribution in [0.3, 0.4) is 0 Å². The topological polar surface area (TPSA) is 98.0 Å². The van der Waals surface area contributed by atoms with Crippen LogP contribution in [-0.4, -0.2) is 30.2 Å². The highest BCUT2D eigenvalue weighted by Crippen LogP contribution is 2.30. The van der Waals surface area contributed by atoms with Crippen molar-refractivity contribution in [3.63, 3.8) is 0 Å². The average molecular weight is 359 g/mol. The van der Waals surface area contributed by atoms with E-state index < -0.39 is 11.9 Å². The van der Waals surface area contributed by atoms with E-state index in [1.807, 2.05) is 12.1 Å². The molecular formula is C19H21NO6. The van der Waals surface area contributed by atoms with Crippen molar-refractivity contribution in [3.05, 3.63) is 47.4 Å². The Morgan fingerprint density at radius 2 is 1.92 bits per heavy atom. The Bertz CT molecular complexity index is 791. The molecule has 3 rings (SSSR count). The number of carboxylic acids is 1. The van der Waals surface area contributed by atoms with E-state index in [0.717, 1.165) is 31.2 Å². The Kier molecular flexibility index (Phi) is 5.46. The van der Waals surface area contributed by atoms with Crippen LogP contribution in [0.1, 0.15) is 52.4 Å². The number of carboxylic acid groups (broad SMARTS) is 1. The minimum Gasteiger partial charge on any atom is -0.497 e. The number of carbonyl (C=O) groups excluding carboxylic acids is 1. The molecule has 1 amide bonds. The third-order valence-electron chi connectivity index (χ3n) is 4.35. The molecule has 0 radical (unpaired) electrons. The van der Waals surface area contributed by atoms with E-state index in [9.17, 15) is 9.59 Å². The minimum atomic E-state index is -1.22. The molecule has 1 aromatic carbocycles. The quantitative estimate of drug-likeness (QED) is 0.787. The second-order valence-electron chi connectivity index (χ2n) is 6.15. The van der Waals surface area contributed by atoms with E-state index in [0.29, 0.717) is 11.5 Å². The van der Waals surface area contributed by atoms with E-state index in [-0.39, 0.29) is 24.2 Å². The minimum absolute atomic E-state index is 0.0471. The van der Waals surface area contributed by atoms with Gasteiger partial charge in [0, 0.05) is 18.2 Å². The second kappa shape index (κ2) is 7.95. The van der Waals surface area contributed by atoms with E-state index in [1.165, 1.54) is 12.1 Å². The standard InChI is InChI=1S/C19H21NO6/c1-24-14-7-6-12(17(10-14)25-13-4-2-3-5-13)11-20-18(21)15-8-9-16(26-15)19(22)23/h6-10,13H,2-5,11H2,1H3,(H,20,21)(H,22,23). The number of hydrogen-bond donors (Lipinski definition) is 2. The Morgan fingerprint density at radius 3 is 2.58 bits per heavy atom. The van der Waals surface area contributed by atoms with Crippen molar-refractivity contribution in [3.8, 4) is 11.5 Å². The molecule has 0 atom stereocenters. The van der Waals surface area contributed by atoms with Gasteiger partial charge in [0.15, 0.2) is 5.76 Å². The molecule has 0 spiro atoms. The summed E-state index contributed by atoms with van der Waals surface area (Å²) in [4.78, 5) is 23.0. The number of nitrogens with one attached hydrogen (secondary N) is 1. The highest BCUT2D eigenvalue weighted by atomic mass is 16.5.